The molecule has 0 atom stereocenters. The first kappa shape index (κ1) is 16.1. The number of hydrogen-bond donors (Lipinski definition) is 0. The standard InChI is InChI=1S/C19H18N4O3/c1-21-17-16(18(24)22(2)19(21)25)23(12-20-17)9-10-26-15-8-7-13-5-3-4-6-14(13)11-15/h3-8,11-12H,9-10H2,1-2H3. The van der Waals surface area contributed by atoms with Crippen molar-refractivity contribution in [3.8, 4) is 5.75 Å². The Morgan fingerprint density at radius 1 is 1.00 bits per heavy atom. The van der Waals surface area contributed by atoms with Crippen LogP contribution in [-0.4, -0.2) is 25.3 Å². The van der Waals surface area contributed by atoms with Crippen LogP contribution in [0.1, 0.15) is 0 Å². The Hall–Kier alpha value is -3.35. The Bertz CT molecular complexity index is 1230. The van der Waals surface area contributed by atoms with Crippen LogP contribution in [0.2, 0.25) is 0 Å². The molecule has 0 fully saturated rings. The zero-order valence-electron chi connectivity index (χ0n) is 14.5. The molecular formula is C19H18N4O3. The molecule has 4 aromatic rings. The Morgan fingerprint density at radius 2 is 1.77 bits per heavy atom. The second-order valence-corrected chi connectivity index (χ2v) is 6.17. The molecule has 0 unspecified atom stereocenters. The van der Waals surface area contributed by atoms with E-state index < -0.39 is 0 Å². The molecule has 2 heterocycles. The second kappa shape index (κ2) is 6.18. The van der Waals surface area contributed by atoms with Gasteiger partial charge in [0.15, 0.2) is 11.2 Å². The van der Waals surface area contributed by atoms with Crippen molar-refractivity contribution in [3.63, 3.8) is 0 Å². The molecule has 0 spiro atoms. The van der Waals surface area contributed by atoms with Gasteiger partial charge in [-0.25, -0.2) is 9.78 Å². The van der Waals surface area contributed by atoms with E-state index in [1.54, 1.807) is 17.9 Å². The molecular weight excluding hydrogens is 332 g/mol. The molecule has 0 aliphatic rings. The van der Waals surface area contributed by atoms with Crippen molar-refractivity contribution in [1.29, 1.82) is 0 Å². The summed E-state index contributed by atoms with van der Waals surface area (Å²) in [5.74, 6) is 0.772. The monoisotopic (exact) mass is 350 g/mol. The molecule has 0 bridgehead atoms. The highest BCUT2D eigenvalue weighted by Crippen LogP contribution is 2.20. The average Bonchev–Trinajstić information content (AvgIpc) is 3.08. The number of aryl methyl sites for hydroxylation is 1. The van der Waals surface area contributed by atoms with E-state index in [0.717, 1.165) is 21.1 Å². The summed E-state index contributed by atoms with van der Waals surface area (Å²) in [5, 5.41) is 2.27. The Labute approximate surface area is 148 Å². The predicted octanol–water partition coefficient (Wildman–Crippen LogP) is 1.67. The molecule has 0 N–H and O–H groups in total. The van der Waals surface area contributed by atoms with Crippen molar-refractivity contribution < 1.29 is 4.74 Å². The largest absolute Gasteiger partial charge is 0.492 e. The van der Waals surface area contributed by atoms with E-state index in [-0.39, 0.29) is 11.2 Å². The Morgan fingerprint density at radius 3 is 2.58 bits per heavy atom. The molecule has 0 aliphatic carbocycles. The van der Waals surface area contributed by atoms with E-state index in [0.29, 0.717) is 24.3 Å². The third-order valence-electron chi connectivity index (χ3n) is 4.54. The average molecular weight is 350 g/mol. The number of benzene rings is 2. The lowest BCUT2D eigenvalue weighted by molar-refractivity contribution is 0.300. The van der Waals surface area contributed by atoms with Gasteiger partial charge in [0.05, 0.1) is 12.9 Å². The van der Waals surface area contributed by atoms with E-state index >= 15 is 0 Å². The molecule has 0 radical (unpaired) electrons. The predicted molar refractivity (Wildman–Crippen MR) is 99.7 cm³/mol. The summed E-state index contributed by atoms with van der Waals surface area (Å²) in [6.07, 6.45) is 1.56. The van der Waals surface area contributed by atoms with Gasteiger partial charge in [0, 0.05) is 14.1 Å². The maximum Gasteiger partial charge on any atom is 0.332 e. The Balaban J connectivity index is 1.58. The van der Waals surface area contributed by atoms with Gasteiger partial charge in [0.25, 0.3) is 5.56 Å². The summed E-state index contributed by atoms with van der Waals surface area (Å²) in [4.78, 5) is 28.6. The van der Waals surface area contributed by atoms with Crippen LogP contribution in [0.3, 0.4) is 0 Å². The van der Waals surface area contributed by atoms with Crippen LogP contribution in [0.4, 0.5) is 0 Å². The van der Waals surface area contributed by atoms with Crippen molar-refractivity contribution in [2.75, 3.05) is 6.61 Å². The minimum absolute atomic E-state index is 0.355. The number of hydrogen-bond acceptors (Lipinski definition) is 4. The van der Waals surface area contributed by atoms with Crippen LogP contribution in [-0.2, 0) is 20.6 Å². The number of nitrogens with zero attached hydrogens (tertiary/aromatic N) is 4. The maximum absolute atomic E-state index is 12.4. The van der Waals surface area contributed by atoms with Gasteiger partial charge in [-0.15, -0.1) is 0 Å². The van der Waals surface area contributed by atoms with Gasteiger partial charge < -0.3 is 9.30 Å². The van der Waals surface area contributed by atoms with Gasteiger partial charge in [-0.05, 0) is 22.9 Å². The fourth-order valence-corrected chi connectivity index (χ4v) is 3.09. The van der Waals surface area contributed by atoms with Gasteiger partial charge in [-0.3, -0.25) is 13.9 Å². The van der Waals surface area contributed by atoms with Crippen molar-refractivity contribution in [2.45, 2.75) is 6.54 Å². The fraction of sp³-hybridized carbons (Fsp3) is 0.211. The van der Waals surface area contributed by atoms with Crippen LogP contribution < -0.4 is 16.0 Å². The van der Waals surface area contributed by atoms with Crippen LogP contribution in [0, 0.1) is 0 Å². The molecule has 0 saturated heterocycles. The van der Waals surface area contributed by atoms with Gasteiger partial charge in [0.1, 0.15) is 12.4 Å². The van der Waals surface area contributed by atoms with Gasteiger partial charge in [0.2, 0.25) is 0 Å². The molecule has 7 nitrogen and oxygen atoms in total. The lowest BCUT2D eigenvalue weighted by Gasteiger charge is -2.09. The smallest absolute Gasteiger partial charge is 0.332 e. The SMILES string of the molecule is Cn1c(=O)c2c(ncn2CCOc2ccc3ccccc3c2)n(C)c1=O. The number of ether oxygens (including phenoxy) is 1. The van der Waals surface area contributed by atoms with Crippen LogP contribution in [0.5, 0.6) is 5.75 Å². The lowest BCUT2D eigenvalue weighted by atomic mass is 10.1. The van der Waals surface area contributed by atoms with Gasteiger partial charge in [-0.2, -0.15) is 0 Å². The molecule has 26 heavy (non-hydrogen) atoms. The summed E-state index contributed by atoms with van der Waals surface area (Å²) in [5.41, 5.74) is 0.0342. The maximum atomic E-state index is 12.4. The summed E-state index contributed by atoms with van der Waals surface area (Å²) in [6.45, 7) is 0.840. The van der Waals surface area contributed by atoms with Crippen molar-refractivity contribution in [3.05, 3.63) is 69.6 Å². The first-order valence-electron chi connectivity index (χ1n) is 8.29. The molecule has 4 rings (SSSR count). The van der Waals surface area contributed by atoms with Gasteiger partial charge >= 0.3 is 5.69 Å². The van der Waals surface area contributed by atoms with E-state index in [4.69, 9.17) is 4.74 Å². The molecule has 0 aliphatic heterocycles. The molecule has 0 saturated carbocycles. The van der Waals surface area contributed by atoms with Gasteiger partial charge in [-0.1, -0.05) is 30.3 Å². The zero-order valence-corrected chi connectivity index (χ0v) is 14.5. The summed E-state index contributed by atoms with van der Waals surface area (Å²) < 4.78 is 10.0. The molecule has 2 aromatic carbocycles. The highest BCUT2D eigenvalue weighted by Gasteiger charge is 2.14. The Kier molecular flexibility index (Phi) is 3.84. The molecule has 7 heteroatoms. The number of imidazole rings is 1. The summed E-state index contributed by atoms with van der Waals surface area (Å²) in [7, 11) is 3.07. The fourth-order valence-electron chi connectivity index (χ4n) is 3.09. The number of fused-ring (bicyclic) bond motifs is 2. The lowest BCUT2D eigenvalue weighted by Crippen LogP contribution is -2.37. The molecule has 132 valence electrons. The highest BCUT2D eigenvalue weighted by atomic mass is 16.5. The molecule has 0 amide bonds. The first-order valence-corrected chi connectivity index (χ1v) is 8.29. The van der Waals surface area contributed by atoms with Crippen molar-refractivity contribution in [2.24, 2.45) is 14.1 Å². The number of aromatic nitrogens is 4. The van der Waals surface area contributed by atoms with Crippen molar-refractivity contribution >= 4 is 21.9 Å². The van der Waals surface area contributed by atoms with E-state index in [1.807, 2.05) is 36.4 Å². The van der Waals surface area contributed by atoms with E-state index in [9.17, 15) is 9.59 Å². The third-order valence-corrected chi connectivity index (χ3v) is 4.54. The summed E-state index contributed by atoms with van der Waals surface area (Å²) in [6, 6.07) is 14.0. The van der Waals surface area contributed by atoms with Crippen LogP contribution in [0.25, 0.3) is 21.9 Å². The quantitative estimate of drug-likeness (QED) is 0.561. The first-order chi connectivity index (χ1) is 12.6. The minimum Gasteiger partial charge on any atom is -0.492 e. The topological polar surface area (TPSA) is 71.0 Å². The summed E-state index contributed by atoms with van der Waals surface area (Å²) >= 11 is 0. The highest BCUT2D eigenvalue weighted by molar-refractivity contribution is 5.83. The van der Waals surface area contributed by atoms with Crippen LogP contribution in [0.15, 0.2) is 58.4 Å². The van der Waals surface area contributed by atoms with Crippen molar-refractivity contribution in [1.82, 2.24) is 18.7 Å². The number of rotatable bonds is 4. The molecule has 2 aromatic heterocycles. The third kappa shape index (κ3) is 2.57. The minimum atomic E-state index is -0.389. The van der Waals surface area contributed by atoms with Crippen LogP contribution >= 0.6 is 0 Å². The van der Waals surface area contributed by atoms with E-state index in [2.05, 4.69) is 11.1 Å². The zero-order chi connectivity index (χ0) is 18.3. The normalized spacial score (nSPS) is 11.3. The van der Waals surface area contributed by atoms with E-state index in [1.165, 1.54) is 11.6 Å². The second-order valence-electron chi connectivity index (χ2n) is 6.17.